The molecule has 0 radical (unpaired) electrons. The number of halogens is 1. The average molecular weight is 400 g/mol. The monoisotopic (exact) mass is 400 g/mol. The second kappa shape index (κ2) is 8.94. The number of anilines is 1. The Morgan fingerprint density at radius 2 is 1.97 bits per heavy atom. The second-order valence-electron chi connectivity index (χ2n) is 7.00. The lowest BCUT2D eigenvalue weighted by Gasteiger charge is -2.22. The third kappa shape index (κ3) is 4.67. The summed E-state index contributed by atoms with van der Waals surface area (Å²) in [4.78, 5) is 28.4. The van der Waals surface area contributed by atoms with Crippen molar-refractivity contribution >= 4 is 17.5 Å². The Hall–Kier alpha value is -3.09. The van der Waals surface area contributed by atoms with E-state index in [2.05, 4.69) is 0 Å². The van der Waals surface area contributed by atoms with Gasteiger partial charge in [0, 0.05) is 32.2 Å². The molecule has 0 unspecified atom stereocenters. The minimum Gasteiger partial charge on any atom is -0.494 e. The summed E-state index contributed by atoms with van der Waals surface area (Å²) >= 11 is 0. The van der Waals surface area contributed by atoms with Crippen LogP contribution in [0.5, 0.6) is 11.5 Å². The van der Waals surface area contributed by atoms with E-state index in [1.54, 1.807) is 18.0 Å². The maximum Gasteiger partial charge on any atom is 0.228 e. The van der Waals surface area contributed by atoms with Crippen molar-refractivity contribution in [3.05, 3.63) is 53.8 Å². The van der Waals surface area contributed by atoms with Crippen LogP contribution in [0.15, 0.2) is 42.5 Å². The van der Waals surface area contributed by atoms with Crippen molar-refractivity contribution in [2.45, 2.75) is 19.9 Å². The molecule has 7 heteroatoms. The van der Waals surface area contributed by atoms with Crippen LogP contribution in [0.1, 0.15) is 18.9 Å². The summed E-state index contributed by atoms with van der Waals surface area (Å²) in [6.07, 6.45) is 0.160. The summed E-state index contributed by atoms with van der Waals surface area (Å²) in [6.45, 7) is 3.06. The van der Waals surface area contributed by atoms with Gasteiger partial charge in [0.05, 0.1) is 19.6 Å². The highest BCUT2D eigenvalue weighted by Crippen LogP contribution is 2.28. The first-order valence-corrected chi connectivity index (χ1v) is 9.53. The molecular formula is C22H25FN2O4. The predicted molar refractivity (Wildman–Crippen MR) is 107 cm³/mol. The van der Waals surface area contributed by atoms with Gasteiger partial charge in [-0.1, -0.05) is 6.07 Å². The fourth-order valence-electron chi connectivity index (χ4n) is 3.48. The SMILES string of the molecule is CCOc1ccc(N2C[C@@H](C(=O)N(C)Cc3ccc(OC)c(F)c3)CC2=O)cc1. The smallest absolute Gasteiger partial charge is 0.228 e. The molecule has 2 aromatic carbocycles. The third-order valence-electron chi connectivity index (χ3n) is 4.95. The van der Waals surface area contributed by atoms with E-state index in [9.17, 15) is 14.0 Å². The summed E-state index contributed by atoms with van der Waals surface area (Å²) < 4.78 is 24.2. The van der Waals surface area contributed by atoms with E-state index < -0.39 is 11.7 Å². The lowest BCUT2D eigenvalue weighted by molar-refractivity contribution is -0.135. The van der Waals surface area contributed by atoms with Crippen LogP contribution < -0.4 is 14.4 Å². The average Bonchev–Trinajstić information content (AvgIpc) is 3.10. The molecule has 2 aromatic rings. The van der Waals surface area contributed by atoms with Crippen LogP contribution >= 0.6 is 0 Å². The van der Waals surface area contributed by atoms with E-state index >= 15 is 0 Å². The number of carbonyl (C=O) groups excluding carboxylic acids is 2. The zero-order valence-electron chi connectivity index (χ0n) is 16.9. The van der Waals surface area contributed by atoms with Gasteiger partial charge in [0.25, 0.3) is 0 Å². The van der Waals surface area contributed by atoms with Crippen LogP contribution in [-0.4, -0.2) is 44.0 Å². The highest BCUT2D eigenvalue weighted by Gasteiger charge is 2.36. The first-order chi connectivity index (χ1) is 13.9. The molecule has 0 spiro atoms. The molecule has 1 fully saturated rings. The van der Waals surface area contributed by atoms with Crippen LogP contribution in [0.25, 0.3) is 0 Å². The molecule has 3 rings (SSSR count). The van der Waals surface area contributed by atoms with Gasteiger partial charge in [-0.25, -0.2) is 4.39 Å². The van der Waals surface area contributed by atoms with Crippen molar-refractivity contribution in [1.29, 1.82) is 0 Å². The fraction of sp³-hybridized carbons (Fsp3) is 0.364. The third-order valence-corrected chi connectivity index (χ3v) is 4.95. The number of ether oxygens (including phenoxy) is 2. The van der Waals surface area contributed by atoms with Crippen LogP contribution in [0, 0.1) is 11.7 Å². The van der Waals surface area contributed by atoms with Gasteiger partial charge in [0.2, 0.25) is 11.8 Å². The first kappa shape index (κ1) is 20.6. The van der Waals surface area contributed by atoms with E-state index in [1.807, 2.05) is 31.2 Å². The standard InChI is InChI=1S/C22H25FN2O4/c1-4-29-18-8-6-17(7-9-18)25-14-16(12-21(25)26)22(27)24(2)13-15-5-10-20(28-3)19(23)11-15/h5-11,16H,4,12-14H2,1-3H3/t16-/m0/s1. The van der Waals surface area contributed by atoms with E-state index in [0.29, 0.717) is 18.7 Å². The molecule has 0 saturated carbocycles. The summed E-state index contributed by atoms with van der Waals surface area (Å²) in [5, 5.41) is 0. The van der Waals surface area contributed by atoms with Gasteiger partial charge in [-0.15, -0.1) is 0 Å². The van der Waals surface area contributed by atoms with Gasteiger partial charge in [-0.05, 0) is 48.9 Å². The summed E-state index contributed by atoms with van der Waals surface area (Å²) in [5.41, 5.74) is 1.40. The Balaban J connectivity index is 1.64. The maximum atomic E-state index is 13.9. The fourth-order valence-corrected chi connectivity index (χ4v) is 3.48. The van der Waals surface area contributed by atoms with Gasteiger partial charge in [0.15, 0.2) is 11.6 Å². The molecule has 6 nitrogen and oxygen atoms in total. The van der Waals surface area contributed by atoms with E-state index in [-0.39, 0.29) is 30.5 Å². The van der Waals surface area contributed by atoms with Gasteiger partial charge in [-0.2, -0.15) is 0 Å². The molecule has 154 valence electrons. The Bertz CT molecular complexity index is 885. The molecule has 1 saturated heterocycles. The number of nitrogens with zero attached hydrogens (tertiary/aromatic N) is 2. The van der Waals surface area contributed by atoms with Gasteiger partial charge in [-0.3, -0.25) is 9.59 Å². The number of methoxy groups -OCH3 is 1. The minimum atomic E-state index is -0.469. The number of rotatable bonds is 7. The number of hydrogen-bond acceptors (Lipinski definition) is 4. The predicted octanol–water partition coefficient (Wildman–Crippen LogP) is 3.24. The Kier molecular flexibility index (Phi) is 6.36. The maximum absolute atomic E-state index is 13.9. The summed E-state index contributed by atoms with van der Waals surface area (Å²) in [5.74, 6) is -0.220. The molecule has 0 N–H and O–H groups in total. The molecule has 1 aliphatic rings. The molecule has 1 atom stereocenters. The van der Waals surface area contributed by atoms with Crippen molar-refractivity contribution in [3.63, 3.8) is 0 Å². The van der Waals surface area contributed by atoms with Gasteiger partial charge >= 0.3 is 0 Å². The van der Waals surface area contributed by atoms with Crippen LogP contribution in [-0.2, 0) is 16.1 Å². The highest BCUT2D eigenvalue weighted by molar-refractivity contribution is 6.00. The number of carbonyl (C=O) groups is 2. The first-order valence-electron chi connectivity index (χ1n) is 9.53. The molecule has 0 bridgehead atoms. The number of hydrogen-bond donors (Lipinski definition) is 0. The van der Waals surface area contributed by atoms with Crippen molar-refractivity contribution < 1.29 is 23.5 Å². The zero-order chi connectivity index (χ0) is 21.0. The van der Waals surface area contributed by atoms with Crippen molar-refractivity contribution in [2.75, 3.05) is 32.2 Å². The van der Waals surface area contributed by atoms with E-state index in [4.69, 9.17) is 9.47 Å². The highest BCUT2D eigenvalue weighted by atomic mass is 19.1. The zero-order valence-corrected chi connectivity index (χ0v) is 16.9. The molecule has 1 aliphatic heterocycles. The van der Waals surface area contributed by atoms with E-state index in [0.717, 1.165) is 11.4 Å². The van der Waals surface area contributed by atoms with Gasteiger partial charge < -0.3 is 19.3 Å². The molecule has 0 aliphatic carbocycles. The van der Waals surface area contributed by atoms with Crippen LogP contribution in [0.4, 0.5) is 10.1 Å². The quantitative estimate of drug-likeness (QED) is 0.716. The number of benzene rings is 2. The minimum absolute atomic E-state index is 0.0867. The van der Waals surface area contributed by atoms with Crippen molar-refractivity contribution in [1.82, 2.24) is 4.90 Å². The Labute approximate surface area is 169 Å². The summed E-state index contributed by atoms with van der Waals surface area (Å²) in [7, 11) is 3.06. The second-order valence-corrected chi connectivity index (χ2v) is 7.00. The largest absolute Gasteiger partial charge is 0.494 e. The van der Waals surface area contributed by atoms with Crippen molar-refractivity contribution in [3.8, 4) is 11.5 Å². The normalized spacial score (nSPS) is 16.1. The Morgan fingerprint density at radius 1 is 1.24 bits per heavy atom. The molecule has 1 heterocycles. The Morgan fingerprint density at radius 3 is 2.59 bits per heavy atom. The molecule has 2 amide bonds. The van der Waals surface area contributed by atoms with Crippen LogP contribution in [0.2, 0.25) is 0 Å². The lowest BCUT2D eigenvalue weighted by atomic mass is 10.1. The topological polar surface area (TPSA) is 59.1 Å². The van der Waals surface area contributed by atoms with E-state index in [1.165, 1.54) is 24.1 Å². The summed E-state index contributed by atoms with van der Waals surface area (Å²) in [6, 6.07) is 11.9. The lowest BCUT2D eigenvalue weighted by Crippen LogP contribution is -2.34. The molecule has 0 aromatic heterocycles. The van der Waals surface area contributed by atoms with Gasteiger partial charge in [0.1, 0.15) is 5.75 Å². The molecule has 29 heavy (non-hydrogen) atoms. The van der Waals surface area contributed by atoms with Crippen LogP contribution in [0.3, 0.4) is 0 Å². The molecular weight excluding hydrogens is 375 g/mol. The van der Waals surface area contributed by atoms with Crippen molar-refractivity contribution in [2.24, 2.45) is 5.92 Å². The number of amides is 2.